The predicted octanol–water partition coefficient (Wildman–Crippen LogP) is 2.68. The van der Waals surface area contributed by atoms with E-state index in [9.17, 15) is 24.0 Å². The third-order valence-electron chi connectivity index (χ3n) is 6.62. The Morgan fingerprint density at radius 3 is 1.80 bits per heavy atom. The van der Waals surface area contributed by atoms with Crippen molar-refractivity contribution in [1.82, 2.24) is 16.0 Å². The molecule has 0 bridgehead atoms. The van der Waals surface area contributed by atoms with Crippen molar-refractivity contribution in [3.05, 3.63) is 35.9 Å². The summed E-state index contributed by atoms with van der Waals surface area (Å²) in [7, 11) is 0. The van der Waals surface area contributed by atoms with Crippen molar-refractivity contribution in [1.29, 1.82) is 0 Å². The molecule has 10 nitrogen and oxygen atoms in total. The van der Waals surface area contributed by atoms with Gasteiger partial charge in [-0.05, 0) is 42.6 Å². The number of esters is 2. The largest absolute Gasteiger partial charge is 0.450 e. The first-order valence-corrected chi connectivity index (χ1v) is 14.2. The molecule has 1 aromatic carbocycles. The molecule has 3 amide bonds. The summed E-state index contributed by atoms with van der Waals surface area (Å²) < 4.78 is 11.3. The number of carbonyl (C=O) groups excluding carboxylic acids is 5. The first-order valence-electron chi connectivity index (χ1n) is 14.2. The van der Waals surface area contributed by atoms with Gasteiger partial charge in [0.1, 0.15) is 18.1 Å². The zero-order valence-electron chi connectivity index (χ0n) is 24.7. The molecule has 0 unspecified atom stereocenters. The molecule has 0 spiro atoms. The normalized spacial score (nSPS) is 25.4. The summed E-state index contributed by atoms with van der Waals surface area (Å²) in [6, 6.07) is 6.01. The van der Waals surface area contributed by atoms with Crippen LogP contribution in [0.2, 0.25) is 0 Å². The Morgan fingerprint density at radius 2 is 1.25 bits per heavy atom. The highest BCUT2D eigenvalue weighted by molar-refractivity contribution is 5.95. The number of nitrogens with one attached hydrogen (secondary N) is 3. The van der Waals surface area contributed by atoms with Gasteiger partial charge in [0.2, 0.25) is 17.9 Å². The first-order chi connectivity index (χ1) is 18.8. The highest BCUT2D eigenvalue weighted by Crippen LogP contribution is 2.17. The van der Waals surface area contributed by atoms with Crippen molar-refractivity contribution in [2.75, 3.05) is 0 Å². The van der Waals surface area contributed by atoms with Crippen LogP contribution in [0.1, 0.15) is 73.3 Å². The van der Waals surface area contributed by atoms with E-state index in [4.69, 9.17) is 9.47 Å². The third-order valence-corrected chi connectivity index (χ3v) is 6.62. The van der Waals surface area contributed by atoms with Crippen molar-refractivity contribution in [3.8, 4) is 0 Å². The fraction of sp³-hybridized carbons (Fsp3) is 0.633. The Kier molecular flexibility index (Phi) is 12.6. The summed E-state index contributed by atoms with van der Waals surface area (Å²) in [4.78, 5) is 66.6. The molecule has 222 valence electrons. The predicted molar refractivity (Wildman–Crippen MR) is 150 cm³/mol. The Balaban J connectivity index is 2.54. The number of carbonyl (C=O) groups is 5. The fourth-order valence-corrected chi connectivity index (χ4v) is 4.42. The molecule has 1 heterocycles. The van der Waals surface area contributed by atoms with Crippen LogP contribution in [0.4, 0.5) is 0 Å². The van der Waals surface area contributed by atoms with E-state index in [1.807, 2.05) is 33.8 Å². The number of ether oxygens (including phenoxy) is 2. The molecule has 2 rings (SSSR count). The van der Waals surface area contributed by atoms with Crippen LogP contribution in [0.3, 0.4) is 0 Å². The molecule has 40 heavy (non-hydrogen) atoms. The Morgan fingerprint density at radius 1 is 0.675 bits per heavy atom. The van der Waals surface area contributed by atoms with Crippen LogP contribution >= 0.6 is 0 Å². The second-order valence-electron chi connectivity index (χ2n) is 11.6. The van der Waals surface area contributed by atoms with E-state index in [1.165, 1.54) is 0 Å². The van der Waals surface area contributed by atoms with Crippen molar-refractivity contribution in [2.45, 2.75) is 104 Å². The van der Waals surface area contributed by atoms with Crippen LogP contribution in [0, 0.1) is 17.8 Å². The van der Waals surface area contributed by atoms with E-state index in [1.54, 1.807) is 45.0 Å². The summed E-state index contributed by atoms with van der Waals surface area (Å²) in [5.41, 5.74) is 0.726. The molecule has 3 N–H and O–H groups in total. The first kappa shape index (κ1) is 32.8. The third kappa shape index (κ3) is 9.95. The number of amides is 3. The molecule has 1 aliphatic rings. The Bertz CT molecular complexity index is 1030. The highest BCUT2D eigenvalue weighted by Gasteiger charge is 2.37. The van der Waals surface area contributed by atoms with Crippen molar-refractivity contribution < 1.29 is 33.4 Å². The SMILES string of the molecule is CC[C@H]1NC(=O)[C@H](C(C)C)NC(=O)[C@@H](CC(C)C)NC(=O)[C@H](CC(C)C)OC(=O)[C@H](Cc2ccccc2)OC1=O. The maximum Gasteiger partial charge on any atom is 0.348 e. The summed E-state index contributed by atoms with van der Waals surface area (Å²) in [6.45, 7) is 12.8. The highest BCUT2D eigenvalue weighted by atomic mass is 16.6. The van der Waals surface area contributed by atoms with Gasteiger partial charge in [0.05, 0.1) is 0 Å². The second-order valence-corrected chi connectivity index (χ2v) is 11.6. The summed E-state index contributed by atoms with van der Waals surface area (Å²) in [5, 5.41) is 8.16. The van der Waals surface area contributed by atoms with Crippen LogP contribution in [0.5, 0.6) is 0 Å². The number of hydrogen-bond acceptors (Lipinski definition) is 7. The van der Waals surface area contributed by atoms with Gasteiger partial charge in [0.25, 0.3) is 5.91 Å². The van der Waals surface area contributed by atoms with Crippen LogP contribution in [0.25, 0.3) is 0 Å². The molecule has 1 fully saturated rings. The van der Waals surface area contributed by atoms with E-state index < -0.39 is 60.0 Å². The van der Waals surface area contributed by atoms with Gasteiger partial charge in [-0.1, -0.05) is 78.8 Å². The molecule has 0 aromatic heterocycles. The van der Waals surface area contributed by atoms with Gasteiger partial charge >= 0.3 is 11.9 Å². The zero-order chi connectivity index (χ0) is 30.0. The van der Waals surface area contributed by atoms with Crippen LogP contribution in [0.15, 0.2) is 30.3 Å². The second kappa shape index (κ2) is 15.4. The van der Waals surface area contributed by atoms with Gasteiger partial charge in [0, 0.05) is 6.42 Å². The standard InChI is InChI=1S/C30H45N3O7/c1-8-21-29(37)40-24(16-20-12-10-9-11-13-20)30(38)39-23(15-18(4)5)27(35)32-22(14-17(2)3)26(34)33-25(19(6)7)28(36)31-21/h9-13,17-19,21-25H,8,14-16H2,1-7H3,(H,31,36)(H,32,35)(H,33,34)/t21-,22-,23+,24+,25+/m1/s1. The van der Waals surface area contributed by atoms with Gasteiger partial charge in [-0.3, -0.25) is 14.4 Å². The van der Waals surface area contributed by atoms with E-state index in [0.717, 1.165) is 5.56 Å². The summed E-state index contributed by atoms with van der Waals surface area (Å²) in [6.07, 6.45) is -1.83. The lowest BCUT2D eigenvalue weighted by Crippen LogP contribution is -2.58. The van der Waals surface area contributed by atoms with Gasteiger partial charge in [-0.15, -0.1) is 0 Å². The number of rotatable bonds is 8. The minimum absolute atomic E-state index is 0.0188. The minimum atomic E-state index is -1.35. The summed E-state index contributed by atoms with van der Waals surface area (Å²) >= 11 is 0. The molecule has 1 aromatic rings. The van der Waals surface area contributed by atoms with Crippen molar-refractivity contribution in [2.24, 2.45) is 17.8 Å². The topological polar surface area (TPSA) is 140 Å². The maximum absolute atomic E-state index is 13.4. The maximum atomic E-state index is 13.4. The average molecular weight is 560 g/mol. The van der Waals surface area contributed by atoms with Gasteiger partial charge in [-0.25, -0.2) is 9.59 Å². The molecule has 10 heteroatoms. The lowest BCUT2D eigenvalue weighted by molar-refractivity contribution is -0.175. The van der Waals surface area contributed by atoms with Gasteiger partial charge < -0.3 is 25.4 Å². The zero-order valence-corrected chi connectivity index (χ0v) is 24.7. The van der Waals surface area contributed by atoms with Gasteiger partial charge in [0.15, 0.2) is 6.10 Å². The quantitative estimate of drug-likeness (QED) is 0.416. The summed E-state index contributed by atoms with van der Waals surface area (Å²) in [5.74, 6) is -3.68. The molecule has 1 aliphatic heterocycles. The number of benzene rings is 1. The van der Waals surface area contributed by atoms with E-state index in [-0.39, 0.29) is 37.0 Å². The van der Waals surface area contributed by atoms with Crippen LogP contribution in [-0.2, 0) is 39.9 Å². The monoisotopic (exact) mass is 559 g/mol. The minimum Gasteiger partial charge on any atom is -0.450 e. The van der Waals surface area contributed by atoms with E-state index >= 15 is 0 Å². The fourth-order valence-electron chi connectivity index (χ4n) is 4.42. The van der Waals surface area contributed by atoms with E-state index in [2.05, 4.69) is 16.0 Å². The molecular weight excluding hydrogens is 514 g/mol. The lowest BCUT2D eigenvalue weighted by Gasteiger charge is -2.28. The lowest BCUT2D eigenvalue weighted by atomic mass is 9.99. The molecule has 0 aliphatic carbocycles. The Hall–Kier alpha value is -3.43. The van der Waals surface area contributed by atoms with Gasteiger partial charge in [-0.2, -0.15) is 0 Å². The molecular formula is C30H45N3O7. The molecule has 0 saturated carbocycles. The molecule has 5 atom stereocenters. The smallest absolute Gasteiger partial charge is 0.348 e. The van der Waals surface area contributed by atoms with Crippen molar-refractivity contribution >= 4 is 29.7 Å². The number of cyclic esters (lactones) is 2. The average Bonchev–Trinajstić information content (AvgIpc) is 2.88. The van der Waals surface area contributed by atoms with Crippen LogP contribution < -0.4 is 16.0 Å². The molecule has 1 saturated heterocycles. The van der Waals surface area contributed by atoms with Crippen LogP contribution in [-0.4, -0.2) is 60.0 Å². The van der Waals surface area contributed by atoms with E-state index in [0.29, 0.717) is 6.42 Å². The Labute approximate surface area is 237 Å². The molecule has 0 radical (unpaired) electrons. The number of hydrogen-bond donors (Lipinski definition) is 3. The van der Waals surface area contributed by atoms with Crippen molar-refractivity contribution in [3.63, 3.8) is 0 Å².